The molecule has 0 amide bonds. The fourth-order valence-corrected chi connectivity index (χ4v) is 4.30. The summed E-state index contributed by atoms with van der Waals surface area (Å²) in [6.45, 7) is 2.23. The predicted molar refractivity (Wildman–Crippen MR) is 112 cm³/mol. The van der Waals surface area contributed by atoms with Crippen LogP contribution in [0.4, 0.5) is 13.2 Å². The van der Waals surface area contributed by atoms with Gasteiger partial charge in [0.2, 0.25) is 0 Å². The molecule has 156 valence electrons. The molecular formula is C26H26F3N. The van der Waals surface area contributed by atoms with Crippen LogP contribution in [0, 0.1) is 52.5 Å². The lowest BCUT2D eigenvalue weighted by Gasteiger charge is -2.28. The van der Waals surface area contributed by atoms with Crippen molar-refractivity contribution in [3.63, 3.8) is 0 Å². The monoisotopic (exact) mass is 409 g/mol. The van der Waals surface area contributed by atoms with E-state index in [0.717, 1.165) is 18.4 Å². The second-order valence-electron chi connectivity index (χ2n) is 8.20. The van der Waals surface area contributed by atoms with Crippen molar-refractivity contribution in [2.75, 3.05) is 0 Å². The van der Waals surface area contributed by atoms with E-state index in [9.17, 15) is 13.2 Å². The molecule has 0 saturated heterocycles. The molecule has 4 heteroatoms. The first-order valence-corrected chi connectivity index (χ1v) is 10.7. The van der Waals surface area contributed by atoms with Gasteiger partial charge in [-0.05, 0) is 60.6 Å². The second kappa shape index (κ2) is 10.4. The molecular weight excluding hydrogens is 383 g/mol. The van der Waals surface area contributed by atoms with Gasteiger partial charge in [0.1, 0.15) is 23.5 Å². The SMILES string of the molecule is CCCC1CCC(CCc2cc(F)c(C#Cc3ccc(C#N)c(F)c3)c(F)c2)CC1. The average Bonchev–Trinajstić information content (AvgIpc) is 2.73. The third-order valence-corrected chi connectivity index (χ3v) is 6.03. The second-order valence-corrected chi connectivity index (χ2v) is 8.20. The minimum Gasteiger partial charge on any atom is -0.206 e. The largest absolute Gasteiger partial charge is 0.206 e. The highest BCUT2D eigenvalue weighted by Crippen LogP contribution is 2.34. The van der Waals surface area contributed by atoms with Crippen molar-refractivity contribution >= 4 is 0 Å². The van der Waals surface area contributed by atoms with Gasteiger partial charge in [0.25, 0.3) is 0 Å². The van der Waals surface area contributed by atoms with Crippen LogP contribution in [-0.2, 0) is 6.42 Å². The quantitative estimate of drug-likeness (QED) is 0.492. The molecule has 0 aliphatic heterocycles. The lowest BCUT2D eigenvalue weighted by molar-refractivity contribution is 0.252. The zero-order valence-corrected chi connectivity index (χ0v) is 17.3. The predicted octanol–water partition coefficient (Wildman–Crippen LogP) is 6.91. The number of nitriles is 1. The van der Waals surface area contributed by atoms with Gasteiger partial charge in [0.05, 0.1) is 11.1 Å². The average molecular weight is 409 g/mol. The highest BCUT2D eigenvalue weighted by atomic mass is 19.1. The molecule has 0 atom stereocenters. The number of nitrogens with zero attached hydrogens (tertiary/aromatic N) is 1. The van der Waals surface area contributed by atoms with Gasteiger partial charge in [-0.25, -0.2) is 13.2 Å². The standard InChI is InChI=1S/C26H26F3N/c1-2-3-18-4-6-19(7-5-18)8-9-21-15-25(28)23(26(29)16-21)13-11-20-10-12-22(17-30)24(27)14-20/h10,12,14-16,18-19H,2-9H2,1H3. The molecule has 0 aromatic heterocycles. The topological polar surface area (TPSA) is 23.8 Å². The molecule has 0 bridgehead atoms. The number of halogens is 3. The molecule has 0 spiro atoms. The van der Waals surface area contributed by atoms with E-state index in [1.807, 2.05) is 0 Å². The molecule has 1 aliphatic rings. The minimum absolute atomic E-state index is 0.0962. The molecule has 0 N–H and O–H groups in total. The van der Waals surface area contributed by atoms with Crippen molar-refractivity contribution in [2.45, 2.75) is 58.3 Å². The third kappa shape index (κ3) is 5.67. The summed E-state index contributed by atoms with van der Waals surface area (Å²) in [5.74, 6) is 4.42. The van der Waals surface area contributed by atoms with Gasteiger partial charge in [-0.3, -0.25) is 0 Å². The smallest absolute Gasteiger partial charge is 0.142 e. The molecule has 3 rings (SSSR count). The Morgan fingerprint density at radius 1 is 0.867 bits per heavy atom. The van der Waals surface area contributed by atoms with Crippen molar-refractivity contribution < 1.29 is 13.2 Å². The van der Waals surface area contributed by atoms with Crippen LogP contribution in [0.5, 0.6) is 0 Å². The molecule has 0 radical (unpaired) electrons. The highest BCUT2D eigenvalue weighted by molar-refractivity contribution is 5.47. The number of hydrogen-bond acceptors (Lipinski definition) is 1. The maximum Gasteiger partial charge on any atom is 0.142 e. The summed E-state index contributed by atoms with van der Waals surface area (Å²) in [4.78, 5) is 0. The molecule has 1 fully saturated rings. The molecule has 1 saturated carbocycles. The van der Waals surface area contributed by atoms with E-state index in [4.69, 9.17) is 5.26 Å². The van der Waals surface area contributed by atoms with E-state index in [1.54, 1.807) is 6.07 Å². The van der Waals surface area contributed by atoms with Crippen LogP contribution >= 0.6 is 0 Å². The van der Waals surface area contributed by atoms with Crippen molar-refractivity contribution in [3.05, 3.63) is 70.0 Å². The fourth-order valence-electron chi connectivity index (χ4n) is 4.30. The molecule has 30 heavy (non-hydrogen) atoms. The van der Waals surface area contributed by atoms with Gasteiger partial charge in [0.15, 0.2) is 0 Å². The summed E-state index contributed by atoms with van der Waals surface area (Å²) in [6.07, 6.45) is 9.11. The maximum absolute atomic E-state index is 14.5. The first-order valence-electron chi connectivity index (χ1n) is 10.7. The molecule has 0 unspecified atom stereocenters. The normalized spacial score (nSPS) is 18.4. The summed E-state index contributed by atoms with van der Waals surface area (Å²) in [6, 6.07) is 8.27. The molecule has 1 nitrogen and oxygen atoms in total. The van der Waals surface area contributed by atoms with Crippen molar-refractivity contribution in [2.24, 2.45) is 11.8 Å². The van der Waals surface area contributed by atoms with Gasteiger partial charge in [-0.1, -0.05) is 57.3 Å². The Bertz CT molecular complexity index is 963. The van der Waals surface area contributed by atoms with Crippen LogP contribution < -0.4 is 0 Å². The number of hydrogen-bond donors (Lipinski definition) is 0. The van der Waals surface area contributed by atoms with E-state index >= 15 is 0 Å². The van der Waals surface area contributed by atoms with Crippen molar-refractivity contribution in [1.29, 1.82) is 5.26 Å². The Morgan fingerprint density at radius 2 is 1.50 bits per heavy atom. The van der Waals surface area contributed by atoms with E-state index in [1.165, 1.54) is 62.8 Å². The summed E-state index contributed by atoms with van der Waals surface area (Å²) < 4.78 is 42.6. The van der Waals surface area contributed by atoms with E-state index in [0.29, 0.717) is 17.9 Å². The summed E-state index contributed by atoms with van der Waals surface area (Å²) in [7, 11) is 0. The highest BCUT2D eigenvalue weighted by Gasteiger charge is 2.20. The van der Waals surface area contributed by atoms with Crippen LogP contribution in [0.15, 0.2) is 30.3 Å². The van der Waals surface area contributed by atoms with Gasteiger partial charge in [0, 0.05) is 5.56 Å². The number of benzene rings is 2. The van der Waals surface area contributed by atoms with Gasteiger partial charge >= 0.3 is 0 Å². The van der Waals surface area contributed by atoms with E-state index < -0.39 is 17.5 Å². The summed E-state index contributed by atoms with van der Waals surface area (Å²) >= 11 is 0. The number of rotatable bonds is 5. The van der Waals surface area contributed by atoms with E-state index in [-0.39, 0.29) is 16.7 Å². The number of aryl methyl sites for hydroxylation is 1. The lowest BCUT2D eigenvalue weighted by atomic mass is 9.78. The van der Waals surface area contributed by atoms with Crippen LogP contribution in [0.25, 0.3) is 0 Å². The van der Waals surface area contributed by atoms with Gasteiger partial charge in [-0.15, -0.1) is 0 Å². The van der Waals surface area contributed by atoms with Crippen LogP contribution in [0.1, 0.15) is 74.1 Å². The van der Waals surface area contributed by atoms with Crippen LogP contribution in [0.2, 0.25) is 0 Å². The third-order valence-electron chi connectivity index (χ3n) is 6.03. The lowest BCUT2D eigenvalue weighted by Crippen LogP contribution is -2.15. The maximum atomic E-state index is 14.5. The zero-order valence-electron chi connectivity index (χ0n) is 17.3. The fraction of sp³-hybridized carbons (Fsp3) is 0.423. The molecule has 0 heterocycles. The van der Waals surface area contributed by atoms with E-state index in [2.05, 4.69) is 18.8 Å². The van der Waals surface area contributed by atoms with Crippen LogP contribution in [-0.4, -0.2) is 0 Å². The summed E-state index contributed by atoms with van der Waals surface area (Å²) in [5.41, 5.74) is 0.494. The molecule has 2 aromatic carbocycles. The van der Waals surface area contributed by atoms with Gasteiger partial charge < -0.3 is 0 Å². The summed E-state index contributed by atoms with van der Waals surface area (Å²) in [5, 5.41) is 8.75. The van der Waals surface area contributed by atoms with Crippen molar-refractivity contribution in [1.82, 2.24) is 0 Å². The first-order chi connectivity index (χ1) is 14.5. The Balaban J connectivity index is 1.64. The Hall–Kier alpha value is -2.72. The minimum atomic E-state index is -0.704. The van der Waals surface area contributed by atoms with Crippen molar-refractivity contribution in [3.8, 4) is 17.9 Å². The van der Waals surface area contributed by atoms with Gasteiger partial charge in [-0.2, -0.15) is 5.26 Å². The Labute approximate surface area is 176 Å². The van der Waals surface area contributed by atoms with Crippen LogP contribution in [0.3, 0.4) is 0 Å². The molecule has 1 aliphatic carbocycles. The Morgan fingerprint density at radius 3 is 2.07 bits per heavy atom. The Kier molecular flexibility index (Phi) is 7.58. The molecule has 2 aromatic rings. The zero-order chi connectivity index (χ0) is 21.5. The first kappa shape index (κ1) is 22.0.